The highest BCUT2D eigenvalue weighted by Crippen LogP contribution is 2.26. The van der Waals surface area contributed by atoms with Gasteiger partial charge in [0.1, 0.15) is 0 Å². The van der Waals surface area contributed by atoms with Gasteiger partial charge in [0.25, 0.3) is 15.9 Å². The summed E-state index contributed by atoms with van der Waals surface area (Å²) in [5, 5.41) is 6.67. The third kappa shape index (κ3) is 4.97. The number of carbonyl (C=O) groups excluding carboxylic acids is 1. The van der Waals surface area contributed by atoms with E-state index in [0.29, 0.717) is 16.7 Å². The molecule has 0 saturated carbocycles. The number of rotatable bonds is 6. The van der Waals surface area contributed by atoms with E-state index in [4.69, 9.17) is 0 Å². The second-order valence-corrected chi connectivity index (χ2v) is 9.25. The average molecular weight is 465 g/mol. The van der Waals surface area contributed by atoms with E-state index in [2.05, 4.69) is 26.0 Å². The van der Waals surface area contributed by atoms with Gasteiger partial charge in [0, 0.05) is 16.6 Å². The average Bonchev–Trinajstić information content (AvgIpc) is 3.16. The number of sulfonamides is 1. The largest absolute Gasteiger partial charge is 0.348 e. The van der Waals surface area contributed by atoms with Crippen molar-refractivity contribution in [3.63, 3.8) is 0 Å². The smallest absolute Gasteiger partial charge is 0.261 e. The van der Waals surface area contributed by atoms with E-state index >= 15 is 0 Å². The topological polar surface area (TPSA) is 75.3 Å². The van der Waals surface area contributed by atoms with E-state index in [1.165, 1.54) is 12.1 Å². The molecular weight excluding hydrogens is 448 g/mol. The maximum Gasteiger partial charge on any atom is 0.261 e. The Morgan fingerprint density at radius 1 is 1.15 bits per heavy atom. The number of benzene rings is 2. The molecule has 0 aliphatic carbocycles. The van der Waals surface area contributed by atoms with Gasteiger partial charge in [-0.3, -0.25) is 9.52 Å². The van der Waals surface area contributed by atoms with E-state index in [0.717, 1.165) is 11.1 Å². The molecule has 2 N–H and O–H groups in total. The highest BCUT2D eigenvalue weighted by Gasteiger charge is 2.18. The molecule has 27 heavy (non-hydrogen) atoms. The van der Waals surface area contributed by atoms with E-state index in [1.807, 2.05) is 29.8 Å². The zero-order chi connectivity index (χ0) is 19.4. The van der Waals surface area contributed by atoms with Gasteiger partial charge in [-0.05, 0) is 81.1 Å². The van der Waals surface area contributed by atoms with Crippen molar-refractivity contribution in [2.24, 2.45) is 0 Å². The summed E-state index contributed by atoms with van der Waals surface area (Å²) in [6, 6.07) is 13.3. The maximum atomic E-state index is 12.7. The number of anilines is 1. The van der Waals surface area contributed by atoms with Gasteiger partial charge in [-0.2, -0.15) is 11.3 Å². The number of thiophene rings is 1. The van der Waals surface area contributed by atoms with Gasteiger partial charge in [-0.25, -0.2) is 8.42 Å². The normalized spacial score (nSPS) is 11.2. The van der Waals surface area contributed by atoms with Crippen molar-refractivity contribution >= 4 is 48.9 Å². The van der Waals surface area contributed by atoms with Crippen LogP contribution in [0, 0.1) is 6.92 Å². The van der Waals surface area contributed by atoms with E-state index < -0.39 is 10.0 Å². The number of halogens is 1. The van der Waals surface area contributed by atoms with Crippen molar-refractivity contribution in [2.45, 2.75) is 18.4 Å². The molecule has 1 amide bonds. The van der Waals surface area contributed by atoms with Gasteiger partial charge in [0.05, 0.1) is 10.6 Å². The summed E-state index contributed by atoms with van der Waals surface area (Å²) in [6.07, 6.45) is 0. The molecule has 5 nitrogen and oxygen atoms in total. The molecular formula is C19H17BrN2O3S2. The minimum absolute atomic E-state index is 0.0269. The Morgan fingerprint density at radius 3 is 2.70 bits per heavy atom. The monoisotopic (exact) mass is 464 g/mol. The summed E-state index contributed by atoms with van der Waals surface area (Å²) >= 11 is 4.90. The molecule has 2 aromatic carbocycles. The van der Waals surface area contributed by atoms with Crippen LogP contribution in [0.5, 0.6) is 0 Å². The second kappa shape index (κ2) is 8.24. The Morgan fingerprint density at radius 2 is 1.96 bits per heavy atom. The lowest BCUT2D eigenvalue weighted by atomic mass is 10.2. The van der Waals surface area contributed by atoms with Crippen LogP contribution in [0.25, 0.3) is 0 Å². The Balaban J connectivity index is 1.79. The van der Waals surface area contributed by atoms with Crippen LogP contribution in [-0.4, -0.2) is 14.3 Å². The first-order chi connectivity index (χ1) is 12.8. The Labute approximate surface area is 170 Å². The van der Waals surface area contributed by atoms with E-state index in [9.17, 15) is 13.2 Å². The van der Waals surface area contributed by atoms with Crippen molar-refractivity contribution < 1.29 is 13.2 Å². The summed E-state index contributed by atoms with van der Waals surface area (Å²) in [5.41, 5.74) is 2.67. The van der Waals surface area contributed by atoms with Crippen LogP contribution in [0.1, 0.15) is 21.5 Å². The zero-order valence-corrected chi connectivity index (χ0v) is 17.6. The fraction of sp³-hybridized carbons (Fsp3) is 0.105. The maximum absolute atomic E-state index is 12.7. The number of amides is 1. The zero-order valence-electron chi connectivity index (χ0n) is 14.4. The predicted octanol–water partition coefficient (Wildman–Crippen LogP) is 4.55. The summed E-state index contributed by atoms with van der Waals surface area (Å²) in [4.78, 5) is 12.4. The van der Waals surface area contributed by atoms with Crippen molar-refractivity contribution in [2.75, 3.05) is 4.72 Å². The minimum Gasteiger partial charge on any atom is -0.348 e. The van der Waals surface area contributed by atoms with Gasteiger partial charge in [0.15, 0.2) is 0 Å². The van der Waals surface area contributed by atoms with Crippen molar-refractivity contribution in [1.29, 1.82) is 0 Å². The molecule has 3 rings (SSSR count). The lowest BCUT2D eigenvalue weighted by Crippen LogP contribution is -2.23. The van der Waals surface area contributed by atoms with E-state index in [1.54, 1.807) is 35.6 Å². The molecule has 0 bridgehead atoms. The quantitative estimate of drug-likeness (QED) is 0.561. The van der Waals surface area contributed by atoms with Crippen LogP contribution in [0.15, 0.2) is 68.7 Å². The third-order valence-corrected chi connectivity index (χ3v) is 6.59. The third-order valence-electron chi connectivity index (χ3n) is 3.81. The minimum atomic E-state index is -3.83. The van der Waals surface area contributed by atoms with Gasteiger partial charge >= 0.3 is 0 Å². The standard InChI is InChI=1S/C19H17BrN2O3S2/c1-13-5-6-17(20)18(9-13)22-27(24,25)16-4-2-3-15(10-16)19(23)21-11-14-7-8-26-12-14/h2-10,12,22H,11H2,1H3,(H,21,23). The number of nitrogens with one attached hydrogen (secondary N) is 2. The first-order valence-electron chi connectivity index (χ1n) is 8.03. The summed E-state index contributed by atoms with van der Waals surface area (Å²) < 4.78 is 28.6. The molecule has 3 aromatic rings. The van der Waals surface area contributed by atoms with Crippen LogP contribution in [-0.2, 0) is 16.6 Å². The highest BCUT2D eigenvalue weighted by molar-refractivity contribution is 9.10. The number of carbonyl (C=O) groups is 1. The number of hydrogen-bond donors (Lipinski definition) is 2. The fourth-order valence-electron chi connectivity index (χ4n) is 2.40. The molecule has 0 spiro atoms. The van der Waals surface area contributed by atoms with Crippen molar-refractivity contribution in [1.82, 2.24) is 5.32 Å². The molecule has 0 saturated heterocycles. The summed E-state index contributed by atoms with van der Waals surface area (Å²) in [7, 11) is -3.83. The molecule has 0 aliphatic heterocycles. The molecule has 0 radical (unpaired) electrons. The number of hydrogen-bond acceptors (Lipinski definition) is 4. The van der Waals surface area contributed by atoms with Gasteiger partial charge in [-0.1, -0.05) is 12.1 Å². The van der Waals surface area contributed by atoms with Crippen molar-refractivity contribution in [3.8, 4) is 0 Å². The van der Waals surface area contributed by atoms with Crippen LogP contribution < -0.4 is 10.0 Å². The molecule has 140 valence electrons. The first kappa shape index (κ1) is 19.6. The molecule has 0 aliphatic rings. The van der Waals surface area contributed by atoms with Crippen molar-refractivity contribution in [3.05, 3.63) is 80.5 Å². The lowest BCUT2D eigenvalue weighted by molar-refractivity contribution is 0.0950. The lowest BCUT2D eigenvalue weighted by Gasteiger charge is -2.11. The molecule has 0 unspecified atom stereocenters. The van der Waals surface area contributed by atoms with Crippen LogP contribution in [0.3, 0.4) is 0 Å². The molecule has 8 heteroatoms. The van der Waals surface area contributed by atoms with Crippen LogP contribution in [0.2, 0.25) is 0 Å². The Bertz CT molecular complexity index is 1060. The summed E-state index contributed by atoms with van der Waals surface area (Å²) in [5.74, 6) is -0.324. The van der Waals surface area contributed by atoms with Gasteiger partial charge in [0.2, 0.25) is 0 Å². The van der Waals surface area contributed by atoms with Gasteiger partial charge < -0.3 is 5.32 Å². The Hall–Kier alpha value is -2.16. The van der Waals surface area contributed by atoms with Crippen LogP contribution >= 0.6 is 27.3 Å². The number of aryl methyl sites for hydroxylation is 1. The van der Waals surface area contributed by atoms with E-state index in [-0.39, 0.29) is 16.4 Å². The fourth-order valence-corrected chi connectivity index (χ4v) is 4.66. The van der Waals surface area contributed by atoms with Gasteiger partial charge in [-0.15, -0.1) is 0 Å². The molecule has 1 aromatic heterocycles. The second-order valence-electron chi connectivity index (χ2n) is 5.93. The SMILES string of the molecule is Cc1ccc(Br)c(NS(=O)(=O)c2cccc(C(=O)NCc3ccsc3)c2)c1. The van der Waals surface area contributed by atoms with Crippen LogP contribution in [0.4, 0.5) is 5.69 Å². The summed E-state index contributed by atoms with van der Waals surface area (Å²) in [6.45, 7) is 2.27. The predicted molar refractivity (Wildman–Crippen MR) is 112 cm³/mol. The molecule has 0 atom stereocenters. The first-order valence-corrected chi connectivity index (χ1v) is 11.3. The molecule has 1 heterocycles. The highest BCUT2D eigenvalue weighted by atomic mass is 79.9. The Kier molecular flexibility index (Phi) is 5.98. The molecule has 0 fully saturated rings.